The molecule has 0 saturated heterocycles. The van der Waals surface area contributed by atoms with Gasteiger partial charge in [-0.2, -0.15) is 0 Å². The lowest BCUT2D eigenvalue weighted by molar-refractivity contribution is 0.192. The third-order valence-electron chi connectivity index (χ3n) is 4.66. The van der Waals surface area contributed by atoms with Crippen LogP contribution in [0.5, 0.6) is 5.75 Å². The molecule has 0 amide bonds. The van der Waals surface area contributed by atoms with Gasteiger partial charge in [0.25, 0.3) is 0 Å². The molecular weight excluding hydrogens is 471 g/mol. The predicted octanol–water partition coefficient (Wildman–Crippen LogP) is 3.36. The lowest BCUT2D eigenvalue weighted by Gasteiger charge is -2.32. The summed E-state index contributed by atoms with van der Waals surface area (Å²) in [5.74, 6) is 1.71. The van der Waals surface area contributed by atoms with Crippen molar-refractivity contribution < 1.29 is 4.74 Å². The number of fused-ring (bicyclic) bond motifs is 1. The number of para-hydroxylation sites is 1. The van der Waals surface area contributed by atoms with Crippen LogP contribution in [0, 0.1) is 0 Å². The van der Waals surface area contributed by atoms with Gasteiger partial charge in [0, 0.05) is 37.6 Å². The maximum absolute atomic E-state index is 5.69. The van der Waals surface area contributed by atoms with Gasteiger partial charge < -0.3 is 15.4 Å². The van der Waals surface area contributed by atoms with Gasteiger partial charge in [-0.3, -0.25) is 9.89 Å². The number of thiophene rings is 1. The van der Waals surface area contributed by atoms with Gasteiger partial charge >= 0.3 is 0 Å². The topological polar surface area (TPSA) is 48.9 Å². The second-order valence-electron chi connectivity index (χ2n) is 6.48. The summed E-state index contributed by atoms with van der Waals surface area (Å²) >= 11 is 1.89. The maximum atomic E-state index is 5.69. The fraction of sp³-hybridized carbons (Fsp3) is 0.450. The van der Waals surface area contributed by atoms with Crippen LogP contribution in [0.15, 0.2) is 46.8 Å². The van der Waals surface area contributed by atoms with Gasteiger partial charge in [-0.25, -0.2) is 0 Å². The van der Waals surface area contributed by atoms with Crippen LogP contribution in [0.4, 0.5) is 0 Å². The van der Waals surface area contributed by atoms with Crippen LogP contribution in [0.2, 0.25) is 0 Å². The number of nitrogens with zero attached hydrogens (tertiary/aromatic N) is 2. The molecule has 2 N–H and O–H groups in total. The van der Waals surface area contributed by atoms with Crippen molar-refractivity contribution in [1.29, 1.82) is 0 Å². The molecule has 1 atom stereocenters. The van der Waals surface area contributed by atoms with E-state index >= 15 is 0 Å². The Hall–Kier alpha value is -1.32. The fourth-order valence-corrected chi connectivity index (χ4v) is 3.99. The van der Waals surface area contributed by atoms with Crippen LogP contribution in [0.25, 0.3) is 0 Å². The van der Waals surface area contributed by atoms with Crippen LogP contribution in [0.1, 0.15) is 17.4 Å². The summed E-state index contributed by atoms with van der Waals surface area (Å²) in [6.45, 7) is 6.65. The van der Waals surface area contributed by atoms with Gasteiger partial charge in [0.15, 0.2) is 5.96 Å². The summed E-state index contributed by atoms with van der Waals surface area (Å²) in [5.41, 5.74) is 1.49. The highest BCUT2D eigenvalue weighted by molar-refractivity contribution is 14.0. The van der Waals surface area contributed by atoms with Crippen LogP contribution in [-0.2, 0) is 13.0 Å². The molecule has 0 radical (unpaired) electrons. The van der Waals surface area contributed by atoms with Gasteiger partial charge in [-0.05, 0) is 42.5 Å². The molecule has 0 fully saturated rings. The second kappa shape index (κ2) is 11.5. The summed E-state index contributed by atoms with van der Waals surface area (Å²) in [7, 11) is 1.80. The average Bonchev–Trinajstić information content (AvgIpc) is 3.16. The third-order valence-corrected chi connectivity index (χ3v) is 5.68. The number of ether oxygens (including phenoxy) is 1. The number of hydrogen-bond donors (Lipinski definition) is 2. The van der Waals surface area contributed by atoms with Crippen molar-refractivity contribution in [3.05, 3.63) is 52.2 Å². The monoisotopic (exact) mass is 500 g/mol. The SMILES string of the molecule is CN=C(NCCOc1ccccc1)NCC(C)N1CCc2sccc2C1.I. The summed E-state index contributed by atoms with van der Waals surface area (Å²) in [5, 5.41) is 8.94. The Labute approximate surface area is 183 Å². The Bertz CT molecular complexity index is 707. The Balaban J connectivity index is 0.00000261. The highest BCUT2D eigenvalue weighted by Gasteiger charge is 2.21. The normalized spacial score (nSPS) is 15.4. The van der Waals surface area contributed by atoms with Crippen molar-refractivity contribution in [3.8, 4) is 5.75 Å². The molecule has 27 heavy (non-hydrogen) atoms. The number of guanidine groups is 1. The van der Waals surface area contributed by atoms with E-state index in [0.29, 0.717) is 19.2 Å². The summed E-state index contributed by atoms with van der Waals surface area (Å²) in [4.78, 5) is 8.39. The molecule has 1 aliphatic heterocycles. The molecule has 1 aromatic carbocycles. The number of benzene rings is 1. The molecule has 2 heterocycles. The molecule has 5 nitrogen and oxygen atoms in total. The fourth-order valence-electron chi connectivity index (χ4n) is 3.10. The minimum atomic E-state index is 0. The Morgan fingerprint density at radius 2 is 2.07 bits per heavy atom. The molecule has 0 aliphatic carbocycles. The number of aliphatic imine (C=N–C) groups is 1. The van der Waals surface area contributed by atoms with Gasteiger partial charge in [-0.15, -0.1) is 35.3 Å². The van der Waals surface area contributed by atoms with E-state index in [4.69, 9.17) is 4.74 Å². The van der Waals surface area contributed by atoms with E-state index in [0.717, 1.165) is 31.3 Å². The van der Waals surface area contributed by atoms with E-state index in [-0.39, 0.29) is 24.0 Å². The zero-order valence-electron chi connectivity index (χ0n) is 16.0. The molecule has 2 aromatic rings. The first-order valence-electron chi connectivity index (χ1n) is 9.18. The van der Waals surface area contributed by atoms with E-state index < -0.39 is 0 Å². The number of halogens is 1. The van der Waals surface area contributed by atoms with Crippen molar-refractivity contribution in [3.63, 3.8) is 0 Å². The molecule has 0 saturated carbocycles. The van der Waals surface area contributed by atoms with Gasteiger partial charge in [0.2, 0.25) is 0 Å². The second-order valence-corrected chi connectivity index (χ2v) is 7.48. The standard InChI is InChI=1S/C20H28N4OS.HI/c1-16(24-11-8-19-17(15-24)9-13-26-19)14-23-20(21-2)22-10-12-25-18-6-4-3-5-7-18;/h3-7,9,13,16H,8,10-12,14-15H2,1-2H3,(H2,21,22,23);1H. The molecular formula is C20H29IN4OS. The maximum Gasteiger partial charge on any atom is 0.191 e. The van der Waals surface area contributed by atoms with Crippen LogP contribution >= 0.6 is 35.3 Å². The van der Waals surface area contributed by atoms with Crippen molar-refractivity contribution in [2.75, 3.05) is 33.3 Å². The van der Waals surface area contributed by atoms with Gasteiger partial charge in [0.1, 0.15) is 12.4 Å². The van der Waals surface area contributed by atoms with Crippen LogP contribution in [-0.4, -0.2) is 50.2 Å². The molecule has 7 heteroatoms. The van der Waals surface area contributed by atoms with E-state index in [9.17, 15) is 0 Å². The van der Waals surface area contributed by atoms with Gasteiger partial charge in [-0.1, -0.05) is 18.2 Å². The Morgan fingerprint density at radius 3 is 2.85 bits per heavy atom. The smallest absolute Gasteiger partial charge is 0.191 e. The Kier molecular flexibility index (Phi) is 9.36. The zero-order valence-corrected chi connectivity index (χ0v) is 19.1. The molecule has 3 rings (SSSR count). The molecule has 1 unspecified atom stereocenters. The van der Waals surface area contributed by atoms with Crippen LogP contribution in [0.3, 0.4) is 0 Å². The first-order valence-corrected chi connectivity index (χ1v) is 10.1. The molecule has 1 aromatic heterocycles. The number of hydrogen-bond acceptors (Lipinski definition) is 4. The molecule has 148 valence electrons. The zero-order chi connectivity index (χ0) is 18.2. The highest BCUT2D eigenvalue weighted by Crippen LogP contribution is 2.24. The van der Waals surface area contributed by atoms with E-state index in [1.165, 1.54) is 12.0 Å². The van der Waals surface area contributed by atoms with Crippen molar-refractivity contribution >= 4 is 41.3 Å². The van der Waals surface area contributed by atoms with E-state index in [1.807, 2.05) is 41.7 Å². The summed E-state index contributed by atoms with van der Waals surface area (Å²) in [6, 6.07) is 12.6. The lowest BCUT2D eigenvalue weighted by atomic mass is 10.1. The first kappa shape index (κ1) is 22.0. The number of rotatable bonds is 7. The van der Waals surface area contributed by atoms with Crippen molar-refractivity contribution in [1.82, 2.24) is 15.5 Å². The highest BCUT2D eigenvalue weighted by atomic mass is 127. The average molecular weight is 500 g/mol. The molecule has 0 bridgehead atoms. The minimum absolute atomic E-state index is 0. The summed E-state index contributed by atoms with van der Waals surface area (Å²) in [6.07, 6.45) is 1.17. The number of nitrogens with one attached hydrogen (secondary N) is 2. The lowest BCUT2D eigenvalue weighted by Crippen LogP contribution is -2.47. The largest absolute Gasteiger partial charge is 0.492 e. The van der Waals surface area contributed by atoms with Crippen molar-refractivity contribution in [2.24, 2.45) is 4.99 Å². The third kappa shape index (κ3) is 6.65. The van der Waals surface area contributed by atoms with E-state index in [1.54, 1.807) is 11.9 Å². The summed E-state index contributed by atoms with van der Waals surface area (Å²) < 4.78 is 5.69. The van der Waals surface area contributed by atoms with E-state index in [2.05, 4.69) is 38.9 Å². The van der Waals surface area contributed by atoms with Crippen LogP contribution < -0.4 is 15.4 Å². The van der Waals surface area contributed by atoms with Crippen molar-refractivity contribution in [2.45, 2.75) is 25.9 Å². The molecule has 1 aliphatic rings. The molecule has 0 spiro atoms. The quantitative estimate of drug-likeness (QED) is 0.265. The minimum Gasteiger partial charge on any atom is -0.492 e. The first-order chi connectivity index (χ1) is 12.8. The van der Waals surface area contributed by atoms with Gasteiger partial charge in [0.05, 0.1) is 6.54 Å². The predicted molar refractivity (Wildman–Crippen MR) is 125 cm³/mol. The Morgan fingerprint density at radius 1 is 1.26 bits per heavy atom.